The van der Waals surface area contributed by atoms with Crippen molar-refractivity contribution >= 4 is 8.32 Å². The van der Waals surface area contributed by atoms with Gasteiger partial charge in [0.2, 0.25) is 8.32 Å². The number of fused-ring (bicyclic) bond motifs is 5. The molecule has 1 aliphatic heterocycles. The fourth-order valence-corrected chi connectivity index (χ4v) is 10.6. The minimum Gasteiger partial charge on any atom is -0.543 e. The number of rotatable bonds is 15. The van der Waals surface area contributed by atoms with Crippen molar-refractivity contribution in [1.29, 1.82) is 0 Å². The smallest absolute Gasteiger partial charge is 0.250 e. The molecule has 1 aromatic carbocycles. The normalized spacial score (nSPS) is 31.1. The van der Waals surface area contributed by atoms with Crippen LogP contribution in [-0.4, -0.2) is 27.3 Å². The molecule has 0 spiro atoms. The zero-order valence-electron chi connectivity index (χ0n) is 30.6. The third kappa shape index (κ3) is 8.46. The predicted octanol–water partition coefficient (Wildman–Crippen LogP) is 12.0. The zero-order chi connectivity index (χ0) is 32.8. The second kappa shape index (κ2) is 16.0. The fraction of sp³-hybridized carbons (Fsp3) is 0.810. The van der Waals surface area contributed by atoms with Crippen molar-refractivity contribution in [2.75, 3.05) is 6.61 Å². The van der Waals surface area contributed by atoms with E-state index in [1.54, 1.807) is 11.1 Å². The molecule has 7 atom stereocenters. The highest BCUT2D eigenvalue weighted by atomic mass is 28.4. The van der Waals surface area contributed by atoms with E-state index in [1.807, 2.05) is 0 Å². The van der Waals surface area contributed by atoms with Gasteiger partial charge in [0.05, 0.1) is 6.10 Å². The molecule has 1 aromatic rings. The Hall–Kier alpha value is -1.28. The van der Waals surface area contributed by atoms with Crippen LogP contribution in [0.1, 0.15) is 160 Å². The fourth-order valence-electron chi connectivity index (χ4n) is 9.59. The lowest BCUT2D eigenvalue weighted by Crippen LogP contribution is -2.47. The minimum absolute atomic E-state index is 0.0154. The maximum atomic E-state index is 7.08. The van der Waals surface area contributed by atoms with E-state index < -0.39 is 8.32 Å². The molecule has 1 unspecified atom stereocenters. The van der Waals surface area contributed by atoms with Crippen molar-refractivity contribution < 1.29 is 13.9 Å². The Morgan fingerprint density at radius 2 is 1.67 bits per heavy atom. The van der Waals surface area contributed by atoms with E-state index in [4.69, 9.17) is 20.3 Å². The highest BCUT2D eigenvalue weighted by molar-refractivity contribution is 6.74. The molecule has 2 saturated carbocycles. The third-order valence-electron chi connectivity index (χ3n) is 13.3. The standard InChI is InChI=1S/C42H68O3Si/c1-8-9-10-11-12-13-14-15-16-17-18-21-33-31-38-37-25-23-32-30-34(45-46(6,7)41(2,3)4)24-26-35(32)36(37)27-28-42(38,5)40(33)44-39-22-19-20-29-43-39/h1,24,26,30,33,36-40H,9-23,25,27-29,31H2,2-7H3/t33-,36+,37+,38-,39?,40-,42-/m0/s1. The second-order valence-corrected chi connectivity index (χ2v) is 22.2. The van der Waals surface area contributed by atoms with Gasteiger partial charge in [0.1, 0.15) is 5.75 Å². The Balaban J connectivity index is 1.21. The van der Waals surface area contributed by atoms with Crippen LogP contribution in [0.25, 0.3) is 0 Å². The number of benzene rings is 1. The maximum Gasteiger partial charge on any atom is 0.250 e. The molecule has 0 bridgehead atoms. The van der Waals surface area contributed by atoms with Crippen LogP contribution in [0.4, 0.5) is 0 Å². The van der Waals surface area contributed by atoms with Gasteiger partial charge in [-0.3, -0.25) is 0 Å². The average molecular weight is 649 g/mol. The monoisotopic (exact) mass is 648 g/mol. The van der Waals surface area contributed by atoms with Gasteiger partial charge in [0.25, 0.3) is 0 Å². The van der Waals surface area contributed by atoms with Gasteiger partial charge in [-0.2, -0.15) is 0 Å². The molecule has 4 heteroatoms. The Labute approximate surface area is 284 Å². The van der Waals surface area contributed by atoms with Crippen LogP contribution in [0.5, 0.6) is 5.75 Å². The van der Waals surface area contributed by atoms with Crippen LogP contribution in [0, 0.1) is 35.5 Å². The van der Waals surface area contributed by atoms with Crippen LogP contribution >= 0.6 is 0 Å². The maximum absolute atomic E-state index is 7.08. The highest BCUT2D eigenvalue weighted by Crippen LogP contribution is 2.64. The molecule has 0 radical (unpaired) electrons. The summed E-state index contributed by atoms with van der Waals surface area (Å²) in [4.78, 5) is 0. The third-order valence-corrected chi connectivity index (χ3v) is 17.6. The molecule has 46 heavy (non-hydrogen) atoms. The van der Waals surface area contributed by atoms with Crippen LogP contribution in [-0.2, 0) is 15.9 Å². The lowest BCUT2D eigenvalue weighted by atomic mass is 9.55. The summed E-state index contributed by atoms with van der Waals surface area (Å²) in [5.41, 5.74) is 3.47. The Bertz CT molecular complexity index is 1140. The molecule has 0 aromatic heterocycles. The van der Waals surface area contributed by atoms with E-state index in [0.717, 1.165) is 37.0 Å². The molecule has 1 heterocycles. The van der Waals surface area contributed by atoms with Crippen LogP contribution in [0.2, 0.25) is 18.1 Å². The van der Waals surface area contributed by atoms with Gasteiger partial charge in [0.15, 0.2) is 6.29 Å². The van der Waals surface area contributed by atoms with E-state index in [9.17, 15) is 0 Å². The summed E-state index contributed by atoms with van der Waals surface area (Å²) in [6, 6.07) is 7.19. The second-order valence-electron chi connectivity index (χ2n) is 17.5. The lowest BCUT2D eigenvalue weighted by molar-refractivity contribution is -0.221. The van der Waals surface area contributed by atoms with E-state index in [2.05, 4.69) is 64.9 Å². The minimum atomic E-state index is -1.85. The molecular formula is C42H68O3Si. The predicted molar refractivity (Wildman–Crippen MR) is 196 cm³/mol. The topological polar surface area (TPSA) is 27.7 Å². The average Bonchev–Trinajstić information content (AvgIpc) is 3.30. The van der Waals surface area contributed by atoms with Crippen molar-refractivity contribution in [1.82, 2.24) is 0 Å². The summed E-state index contributed by atoms with van der Waals surface area (Å²) in [5, 5.41) is 0.213. The van der Waals surface area contributed by atoms with Crippen molar-refractivity contribution in [2.45, 2.75) is 186 Å². The number of terminal acetylenes is 1. The summed E-state index contributed by atoms with van der Waals surface area (Å²) in [6.45, 7) is 15.2. The largest absolute Gasteiger partial charge is 0.543 e. The molecule has 5 rings (SSSR count). The summed E-state index contributed by atoms with van der Waals surface area (Å²) in [5.74, 6) is 6.79. The quantitative estimate of drug-likeness (QED) is 0.108. The Morgan fingerprint density at radius 3 is 2.35 bits per heavy atom. The first-order valence-corrected chi connectivity index (χ1v) is 22.5. The van der Waals surface area contributed by atoms with Gasteiger partial charge in [0, 0.05) is 13.0 Å². The Kier molecular flexibility index (Phi) is 12.5. The van der Waals surface area contributed by atoms with Crippen LogP contribution < -0.4 is 4.43 Å². The molecular weight excluding hydrogens is 581 g/mol. The number of hydrogen-bond acceptors (Lipinski definition) is 3. The van der Waals surface area contributed by atoms with Gasteiger partial charge in [-0.05, 0) is 135 Å². The number of ether oxygens (including phenoxy) is 2. The van der Waals surface area contributed by atoms with Crippen molar-refractivity contribution in [3.63, 3.8) is 0 Å². The molecule has 0 amide bonds. The summed E-state index contributed by atoms with van der Waals surface area (Å²) in [7, 11) is -1.85. The number of aryl methyl sites for hydroxylation is 1. The van der Waals surface area contributed by atoms with Crippen molar-refractivity contribution in [3.05, 3.63) is 29.3 Å². The highest BCUT2D eigenvalue weighted by Gasteiger charge is 2.59. The lowest BCUT2D eigenvalue weighted by Gasteiger charge is -2.51. The molecule has 3 fully saturated rings. The first kappa shape index (κ1) is 36.0. The summed E-state index contributed by atoms with van der Waals surface area (Å²) >= 11 is 0. The van der Waals surface area contributed by atoms with Crippen LogP contribution in [0.3, 0.4) is 0 Å². The van der Waals surface area contributed by atoms with E-state index in [-0.39, 0.29) is 16.7 Å². The van der Waals surface area contributed by atoms with Crippen molar-refractivity contribution in [3.8, 4) is 18.1 Å². The molecule has 258 valence electrons. The van der Waals surface area contributed by atoms with Gasteiger partial charge in [-0.1, -0.05) is 85.1 Å². The zero-order valence-corrected chi connectivity index (χ0v) is 31.6. The summed E-state index contributed by atoms with van der Waals surface area (Å²) in [6.07, 6.45) is 30.1. The van der Waals surface area contributed by atoms with Gasteiger partial charge in [-0.15, -0.1) is 12.3 Å². The van der Waals surface area contributed by atoms with E-state index in [0.29, 0.717) is 17.9 Å². The first-order chi connectivity index (χ1) is 22.0. The van der Waals surface area contributed by atoms with Gasteiger partial charge in [-0.25, -0.2) is 0 Å². The van der Waals surface area contributed by atoms with Gasteiger partial charge < -0.3 is 13.9 Å². The molecule has 4 aliphatic rings. The SMILES string of the molecule is C#CCCCCCCCCCCC[C@H]1C[C@H]2[C@@H]3CCc4cc(O[Si](C)(C)C(C)(C)C)ccc4[C@H]3CC[C@]2(C)[C@H]1OC1CCCCO1. The first-order valence-electron chi connectivity index (χ1n) is 19.6. The molecule has 1 saturated heterocycles. The van der Waals surface area contributed by atoms with Crippen LogP contribution in [0.15, 0.2) is 18.2 Å². The number of unbranched alkanes of at least 4 members (excludes halogenated alkanes) is 9. The molecule has 3 nitrogen and oxygen atoms in total. The van der Waals surface area contributed by atoms with E-state index in [1.165, 1.54) is 109 Å². The molecule has 3 aliphatic carbocycles. The molecule has 0 N–H and O–H groups in total. The Morgan fingerprint density at radius 1 is 0.957 bits per heavy atom. The van der Waals surface area contributed by atoms with Crippen molar-refractivity contribution in [2.24, 2.45) is 23.2 Å². The summed E-state index contributed by atoms with van der Waals surface area (Å²) < 4.78 is 20.0. The number of hydrogen-bond donors (Lipinski definition) is 0. The van der Waals surface area contributed by atoms with Gasteiger partial charge >= 0.3 is 0 Å². The van der Waals surface area contributed by atoms with E-state index >= 15 is 0 Å².